The molecule has 1 amide bonds. The van der Waals surface area contributed by atoms with E-state index in [1.54, 1.807) is 19.1 Å². The lowest BCUT2D eigenvalue weighted by Crippen LogP contribution is -2.29. The number of rotatable bonds is 7. The van der Waals surface area contributed by atoms with Gasteiger partial charge in [-0.1, -0.05) is 19.1 Å². The van der Waals surface area contributed by atoms with E-state index in [1.807, 2.05) is 19.1 Å². The Bertz CT molecular complexity index is 577. The standard InChI is InChI=1S/C17H21NO5/c1-4-13-6-8-14(9-7-13)18-17(21)12(3)23-16(20)11-10-15(19)22-5-2/h6-12H,4-5H2,1-3H3,(H,18,21)/b11-10+/t12-/m0/s1. The van der Waals surface area contributed by atoms with E-state index in [4.69, 9.17) is 4.74 Å². The van der Waals surface area contributed by atoms with Crippen molar-refractivity contribution in [3.63, 3.8) is 0 Å². The van der Waals surface area contributed by atoms with Crippen LogP contribution in [0.4, 0.5) is 5.69 Å². The highest BCUT2D eigenvalue weighted by Crippen LogP contribution is 2.10. The normalized spacial score (nSPS) is 11.8. The summed E-state index contributed by atoms with van der Waals surface area (Å²) in [6.07, 6.45) is 1.81. The lowest BCUT2D eigenvalue weighted by Gasteiger charge is -2.12. The molecule has 0 saturated heterocycles. The molecule has 0 bridgehead atoms. The minimum atomic E-state index is -0.986. The second-order valence-corrected chi connectivity index (χ2v) is 4.70. The molecule has 0 aliphatic rings. The monoisotopic (exact) mass is 319 g/mol. The third-order valence-corrected chi connectivity index (χ3v) is 2.93. The number of carbonyl (C=O) groups is 3. The van der Waals surface area contributed by atoms with E-state index in [0.29, 0.717) is 5.69 Å². The summed E-state index contributed by atoms with van der Waals surface area (Å²) >= 11 is 0. The molecule has 124 valence electrons. The van der Waals surface area contributed by atoms with E-state index in [9.17, 15) is 14.4 Å². The molecule has 0 heterocycles. The fourth-order valence-electron chi connectivity index (χ4n) is 1.66. The van der Waals surface area contributed by atoms with Crippen LogP contribution in [0.1, 0.15) is 26.3 Å². The molecule has 1 atom stereocenters. The zero-order valence-corrected chi connectivity index (χ0v) is 13.5. The quantitative estimate of drug-likeness (QED) is 0.615. The molecular formula is C17H21NO5. The molecular weight excluding hydrogens is 298 g/mol. The molecule has 23 heavy (non-hydrogen) atoms. The van der Waals surface area contributed by atoms with Crippen molar-refractivity contribution in [2.45, 2.75) is 33.3 Å². The van der Waals surface area contributed by atoms with Crippen LogP contribution in [0.25, 0.3) is 0 Å². The van der Waals surface area contributed by atoms with Gasteiger partial charge in [-0.05, 0) is 38.0 Å². The number of ether oxygens (including phenoxy) is 2. The van der Waals surface area contributed by atoms with Gasteiger partial charge in [0, 0.05) is 17.8 Å². The third-order valence-electron chi connectivity index (χ3n) is 2.93. The first kappa shape index (κ1) is 18.4. The summed E-state index contributed by atoms with van der Waals surface area (Å²) in [5.74, 6) is -1.88. The van der Waals surface area contributed by atoms with E-state index in [-0.39, 0.29) is 6.61 Å². The minimum Gasteiger partial charge on any atom is -0.463 e. The van der Waals surface area contributed by atoms with Crippen LogP contribution in [-0.4, -0.2) is 30.6 Å². The molecule has 0 radical (unpaired) electrons. The van der Waals surface area contributed by atoms with Gasteiger partial charge < -0.3 is 14.8 Å². The van der Waals surface area contributed by atoms with E-state index >= 15 is 0 Å². The van der Waals surface area contributed by atoms with Gasteiger partial charge in [0.15, 0.2) is 6.10 Å². The van der Waals surface area contributed by atoms with Crippen LogP contribution in [-0.2, 0) is 30.3 Å². The zero-order chi connectivity index (χ0) is 17.2. The first-order valence-electron chi connectivity index (χ1n) is 7.41. The largest absolute Gasteiger partial charge is 0.463 e. The molecule has 0 unspecified atom stereocenters. The Morgan fingerprint density at radius 1 is 1.09 bits per heavy atom. The van der Waals surface area contributed by atoms with E-state index in [0.717, 1.165) is 24.1 Å². The minimum absolute atomic E-state index is 0.216. The highest BCUT2D eigenvalue weighted by molar-refractivity contribution is 5.97. The molecule has 1 N–H and O–H groups in total. The van der Waals surface area contributed by atoms with Crippen LogP contribution in [0.2, 0.25) is 0 Å². The highest BCUT2D eigenvalue weighted by Gasteiger charge is 2.16. The zero-order valence-electron chi connectivity index (χ0n) is 13.5. The third kappa shape index (κ3) is 6.78. The summed E-state index contributed by atoms with van der Waals surface area (Å²) in [5.41, 5.74) is 1.78. The van der Waals surface area contributed by atoms with Crippen LogP contribution in [0.3, 0.4) is 0 Å². The Hall–Kier alpha value is -2.63. The van der Waals surface area contributed by atoms with Crippen LogP contribution >= 0.6 is 0 Å². The van der Waals surface area contributed by atoms with Gasteiger partial charge in [0.1, 0.15) is 0 Å². The van der Waals surface area contributed by atoms with Crippen molar-refractivity contribution in [1.82, 2.24) is 0 Å². The lowest BCUT2D eigenvalue weighted by atomic mass is 10.1. The molecule has 1 rings (SSSR count). The van der Waals surface area contributed by atoms with Gasteiger partial charge in [0.25, 0.3) is 5.91 Å². The SMILES string of the molecule is CCOC(=O)/C=C/C(=O)O[C@@H](C)C(=O)Nc1ccc(CC)cc1. The number of carbonyl (C=O) groups excluding carboxylic acids is 3. The number of hydrogen-bond donors (Lipinski definition) is 1. The van der Waals surface area contributed by atoms with Crippen molar-refractivity contribution in [2.24, 2.45) is 0 Å². The van der Waals surface area contributed by atoms with Gasteiger partial charge in [-0.25, -0.2) is 9.59 Å². The van der Waals surface area contributed by atoms with Gasteiger partial charge >= 0.3 is 11.9 Å². The van der Waals surface area contributed by atoms with E-state index in [1.165, 1.54) is 6.92 Å². The Labute approximate surface area is 135 Å². The molecule has 0 saturated carbocycles. The first-order valence-corrected chi connectivity index (χ1v) is 7.41. The molecule has 0 aliphatic heterocycles. The molecule has 1 aromatic rings. The van der Waals surface area contributed by atoms with Crippen molar-refractivity contribution in [3.8, 4) is 0 Å². The second kappa shape index (κ2) is 9.40. The Morgan fingerprint density at radius 2 is 1.70 bits per heavy atom. The van der Waals surface area contributed by atoms with Crippen molar-refractivity contribution < 1.29 is 23.9 Å². The maximum absolute atomic E-state index is 11.9. The topological polar surface area (TPSA) is 81.7 Å². The molecule has 6 nitrogen and oxygen atoms in total. The van der Waals surface area contributed by atoms with Crippen LogP contribution in [0, 0.1) is 0 Å². The number of anilines is 1. The van der Waals surface area contributed by atoms with Crippen LogP contribution in [0.15, 0.2) is 36.4 Å². The van der Waals surface area contributed by atoms with Gasteiger partial charge in [0.2, 0.25) is 0 Å². The second-order valence-electron chi connectivity index (χ2n) is 4.70. The number of nitrogens with one attached hydrogen (secondary N) is 1. The van der Waals surface area contributed by atoms with Crippen LogP contribution < -0.4 is 5.32 Å². The molecule has 0 spiro atoms. The van der Waals surface area contributed by atoms with Crippen LogP contribution in [0.5, 0.6) is 0 Å². The molecule has 0 aromatic heterocycles. The number of benzene rings is 1. The number of esters is 2. The van der Waals surface area contributed by atoms with Gasteiger partial charge in [0.05, 0.1) is 6.61 Å². The summed E-state index contributed by atoms with van der Waals surface area (Å²) in [4.78, 5) is 34.5. The Balaban J connectivity index is 2.49. The molecule has 1 aromatic carbocycles. The Morgan fingerprint density at radius 3 is 2.26 bits per heavy atom. The molecule has 6 heteroatoms. The van der Waals surface area contributed by atoms with E-state index < -0.39 is 23.9 Å². The molecule has 0 fully saturated rings. The summed E-state index contributed by atoms with van der Waals surface area (Å²) in [7, 11) is 0. The summed E-state index contributed by atoms with van der Waals surface area (Å²) in [6.45, 7) is 5.36. The van der Waals surface area contributed by atoms with E-state index in [2.05, 4.69) is 10.1 Å². The van der Waals surface area contributed by atoms with Crippen molar-refractivity contribution in [2.75, 3.05) is 11.9 Å². The summed E-state index contributed by atoms with van der Waals surface area (Å²) in [6, 6.07) is 7.39. The van der Waals surface area contributed by atoms with Gasteiger partial charge in [-0.3, -0.25) is 4.79 Å². The highest BCUT2D eigenvalue weighted by atomic mass is 16.5. The van der Waals surface area contributed by atoms with Crippen molar-refractivity contribution in [3.05, 3.63) is 42.0 Å². The number of amides is 1. The van der Waals surface area contributed by atoms with Gasteiger partial charge in [-0.2, -0.15) is 0 Å². The average Bonchev–Trinajstić information content (AvgIpc) is 2.54. The Kier molecular flexibility index (Phi) is 7.53. The number of hydrogen-bond acceptors (Lipinski definition) is 5. The summed E-state index contributed by atoms with van der Waals surface area (Å²) in [5, 5.41) is 2.65. The maximum Gasteiger partial charge on any atom is 0.331 e. The average molecular weight is 319 g/mol. The number of aryl methyl sites for hydroxylation is 1. The predicted octanol–water partition coefficient (Wildman–Crippen LogP) is 2.24. The fraction of sp³-hybridized carbons (Fsp3) is 0.353. The fourth-order valence-corrected chi connectivity index (χ4v) is 1.66. The first-order chi connectivity index (χ1) is 11.0. The lowest BCUT2D eigenvalue weighted by molar-refractivity contribution is -0.148. The smallest absolute Gasteiger partial charge is 0.331 e. The maximum atomic E-state index is 11.9. The predicted molar refractivity (Wildman–Crippen MR) is 85.8 cm³/mol. The van der Waals surface area contributed by atoms with Gasteiger partial charge in [-0.15, -0.1) is 0 Å². The molecule has 0 aliphatic carbocycles. The van der Waals surface area contributed by atoms with Crippen molar-refractivity contribution >= 4 is 23.5 Å². The van der Waals surface area contributed by atoms with Crippen molar-refractivity contribution in [1.29, 1.82) is 0 Å². The summed E-state index contributed by atoms with van der Waals surface area (Å²) < 4.78 is 9.54.